The van der Waals surface area contributed by atoms with Gasteiger partial charge in [-0.15, -0.1) is 0 Å². The highest BCUT2D eigenvalue weighted by Crippen LogP contribution is 2.70. The highest BCUT2D eigenvalue weighted by molar-refractivity contribution is 7.95. The molecule has 1 saturated heterocycles. The highest BCUT2D eigenvalue weighted by atomic mass is 32.2. The number of nitrogens with zero attached hydrogens (tertiary/aromatic N) is 1. The second-order valence-electron chi connectivity index (χ2n) is 11.1. The minimum atomic E-state index is -3.71. The van der Waals surface area contributed by atoms with E-state index in [9.17, 15) is 13.2 Å². The largest absolute Gasteiger partial charge is 0.269 e. The molecule has 6 heteroatoms. The molecule has 3 atom stereocenters. The number of sulfonamides is 1. The van der Waals surface area contributed by atoms with Gasteiger partial charge in [-0.25, -0.2) is 12.7 Å². The summed E-state index contributed by atoms with van der Waals surface area (Å²) in [5.74, 6) is 1.96. The van der Waals surface area contributed by atoms with Gasteiger partial charge in [0.15, 0.2) is 0 Å². The molecule has 3 aromatic carbocycles. The van der Waals surface area contributed by atoms with Crippen molar-refractivity contribution in [3.05, 3.63) is 91.0 Å². The summed E-state index contributed by atoms with van der Waals surface area (Å²) in [6.45, 7) is 1.84. The van der Waals surface area contributed by atoms with Crippen LogP contribution in [-0.4, -0.2) is 36.2 Å². The van der Waals surface area contributed by atoms with Crippen molar-refractivity contribution >= 4 is 44.5 Å². The lowest BCUT2D eigenvalue weighted by Crippen LogP contribution is -2.45. The van der Waals surface area contributed by atoms with Crippen LogP contribution >= 0.6 is 6.89 Å². The zero-order valence-electron chi connectivity index (χ0n) is 20.7. The Balaban J connectivity index is 1.60. The van der Waals surface area contributed by atoms with Crippen molar-refractivity contribution in [1.29, 1.82) is 0 Å². The Bertz CT molecular complexity index is 1360. The molecule has 4 nitrogen and oxygen atoms in total. The van der Waals surface area contributed by atoms with E-state index in [1.54, 1.807) is 5.80 Å². The third-order valence-corrected chi connectivity index (χ3v) is 15.3. The number of amides is 1. The summed E-state index contributed by atoms with van der Waals surface area (Å²) in [6.07, 6.45) is 2.72. The quantitative estimate of drug-likeness (QED) is 0.489. The van der Waals surface area contributed by atoms with E-state index in [2.05, 4.69) is 50.2 Å². The van der Waals surface area contributed by atoms with Crippen molar-refractivity contribution < 1.29 is 13.2 Å². The summed E-state index contributed by atoms with van der Waals surface area (Å²) in [5.41, 5.74) is -0.419. The maximum absolute atomic E-state index is 14.3. The number of fused-ring (bicyclic) bond motifs is 1. The van der Waals surface area contributed by atoms with Crippen molar-refractivity contribution in [3.63, 3.8) is 0 Å². The van der Waals surface area contributed by atoms with Gasteiger partial charge in [0.2, 0.25) is 10.0 Å². The number of benzene rings is 3. The van der Waals surface area contributed by atoms with Crippen LogP contribution in [0.3, 0.4) is 0 Å². The van der Waals surface area contributed by atoms with E-state index in [0.717, 1.165) is 35.2 Å². The minimum absolute atomic E-state index is 0.0791. The van der Waals surface area contributed by atoms with E-state index in [0.29, 0.717) is 5.92 Å². The van der Waals surface area contributed by atoms with Gasteiger partial charge in [-0.2, -0.15) is 0 Å². The van der Waals surface area contributed by atoms with Gasteiger partial charge in [0, 0.05) is 11.2 Å². The molecule has 6 rings (SSSR count). The average molecular weight is 518 g/mol. The molecule has 3 aliphatic rings. The summed E-state index contributed by atoms with van der Waals surface area (Å²) in [7, 11) is -3.71. The third kappa shape index (κ3) is 3.18. The van der Waals surface area contributed by atoms with Gasteiger partial charge >= 0.3 is 0 Å². The van der Waals surface area contributed by atoms with Gasteiger partial charge in [-0.1, -0.05) is 105 Å². The Hall–Kier alpha value is -2.62. The fourth-order valence-electron chi connectivity index (χ4n) is 7.46. The van der Waals surface area contributed by atoms with Gasteiger partial charge < -0.3 is 0 Å². The maximum atomic E-state index is 14.3. The van der Waals surface area contributed by atoms with E-state index < -0.39 is 16.9 Å². The predicted molar refractivity (Wildman–Crippen MR) is 149 cm³/mol. The number of carbonyl (C=O) groups is 1. The summed E-state index contributed by atoms with van der Waals surface area (Å²) >= 11 is 0. The molecule has 3 aromatic rings. The molecule has 36 heavy (non-hydrogen) atoms. The lowest BCUT2D eigenvalue weighted by Gasteiger charge is -2.37. The maximum Gasteiger partial charge on any atom is 0.261 e. The first kappa shape index (κ1) is 23.8. The Labute approximate surface area is 214 Å². The van der Waals surface area contributed by atoms with Crippen LogP contribution < -0.4 is 15.9 Å². The molecule has 0 aromatic heterocycles. The van der Waals surface area contributed by atoms with E-state index in [4.69, 9.17) is 0 Å². The molecule has 1 amide bonds. The van der Waals surface area contributed by atoms with Gasteiger partial charge in [0.05, 0.1) is 11.8 Å². The Morgan fingerprint density at radius 1 is 0.861 bits per heavy atom. The Morgan fingerprint density at radius 2 is 1.33 bits per heavy atom. The van der Waals surface area contributed by atoms with Crippen LogP contribution in [0.4, 0.5) is 0 Å². The Kier molecular flexibility index (Phi) is 5.41. The van der Waals surface area contributed by atoms with Crippen LogP contribution in [0.2, 0.25) is 0 Å². The number of hydrogen-bond donors (Lipinski definition) is 0. The first-order valence-corrected chi connectivity index (χ1v) is 16.2. The van der Waals surface area contributed by atoms with Crippen LogP contribution in [0.5, 0.6) is 0 Å². The summed E-state index contributed by atoms with van der Waals surface area (Å²) in [5, 5.41) is 3.11. The lowest BCUT2D eigenvalue weighted by molar-refractivity contribution is -0.121. The highest BCUT2D eigenvalue weighted by Gasteiger charge is 2.72. The normalized spacial score (nSPS) is 27.6. The van der Waals surface area contributed by atoms with Crippen molar-refractivity contribution in [1.82, 2.24) is 4.31 Å². The van der Waals surface area contributed by atoms with Crippen LogP contribution in [-0.2, 0) is 14.8 Å². The molecule has 2 saturated carbocycles. The molecule has 1 heterocycles. The molecule has 1 spiro atoms. The van der Waals surface area contributed by atoms with Crippen LogP contribution in [0.15, 0.2) is 91.0 Å². The van der Waals surface area contributed by atoms with Gasteiger partial charge in [-0.3, -0.25) is 4.79 Å². The van der Waals surface area contributed by atoms with E-state index >= 15 is 0 Å². The molecule has 186 valence electrons. The van der Waals surface area contributed by atoms with Crippen molar-refractivity contribution in [2.24, 2.45) is 16.7 Å². The standard InChI is InChI=1S/C30H32NO3PS/c1-29(2)23-18-19-30(29)22-36(33,34)31(27(30)20-23)28(32)21-35(24-12-6-3-7-13-24,25-14-8-4-9-15-25)26-16-10-5-11-17-26/h3-17,21,23,27H,18-20,22H2,1-2H3/t23?,27-,30-/m1/s1. The zero-order chi connectivity index (χ0) is 25.2. The molecule has 2 aliphatic carbocycles. The van der Waals surface area contributed by atoms with Gasteiger partial charge in [-0.05, 0) is 53.4 Å². The van der Waals surface area contributed by atoms with Gasteiger partial charge in [0.1, 0.15) is 0 Å². The fourth-order valence-corrected chi connectivity index (χ4v) is 13.8. The van der Waals surface area contributed by atoms with E-state index in [1.807, 2.05) is 54.6 Å². The van der Waals surface area contributed by atoms with Crippen LogP contribution in [0.25, 0.3) is 0 Å². The predicted octanol–water partition coefficient (Wildman–Crippen LogP) is 4.15. The lowest BCUT2D eigenvalue weighted by atomic mass is 9.69. The van der Waals surface area contributed by atoms with Crippen molar-refractivity contribution in [2.75, 3.05) is 5.75 Å². The van der Waals surface area contributed by atoms with Crippen LogP contribution in [0, 0.1) is 16.7 Å². The molecular weight excluding hydrogens is 485 g/mol. The molecule has 1 aliphatic heterocycles. The molecule has 0 N–H and O–H groups in total. The average Bonchev–Trinajstić information content (AvgIpc) is 3.37. The first-order valence-electron chi connectivity index (χ1n) is 12.7. The summed E-state index contributed by atoms with van der Waals surface area (Å²) < 4.78 is 28.7. The topological polar surface area (TPSA) is 54.5 Å². The van der Waals surface area contributed by atoms with Crippen molar-refractivity contribution in [2.45, 2.75) is 39.2 Å². The Morgan fingerprint density at radius 3 is 1.78 bits per heavy atom. The smallest absolute Gasteiger partial charge is 0.261 e. The number of rotatable bonds is 4. The van der Waals surface area contributed by atoms with Crippen LogP contribution in [0.1, 0.15) is 33.1 Å². The van der Waals surface area contributed by atoms with Gasteiger partial charge in [0.25, 0.3) is 5.91 Å². The zero-order valence-corrected chi connectivity index (χ0v) is 22.5. The monoisotopic (exact) mass is 517 g/mol. The molecule has 0 radical (unpaired) electrons. The molecule has 2 bridgehead atoms. The number of carbonyl (C=O) groups excluding carboxylic acids is 1. The molecule has 1 unspecified atom stereocenters. The summed E-state index contributed by atoms with van der Waals surface area (Å²) in [4.78, 5) is 14.3. The van der Waals surface area contributed by atoms with E-state index in [1.165, 1.54) is 4.31 Å². The third-order valence-electron chi connectivity index (χ3n) is 9.42. The number of hydrogen-bond acceptors (Lipinski definition) is 3. The van der Waals surface area contributed by atoms with Crippen molar-refractivity contribution in [3.8, 4) is 0 Å². The minimum Gasteiger partial charge on any atom is -0.269 e. The second kappa shape index (κ2) is 8.19. The fraction of sp³-hybridized carbons (Fsp3) is 0.333. The summed E-state index contributed by atoms with van der Waals surface area (Å²) in [6, 6.07) is 30.0. The second-order valence-corrected chi connectivity index (χ2v) is 16.2. The van der Waals surface area contributed by atoms with E-state index in [-0.39, 0.29) is 28.5 Å². The SMILES string of the molecule is CC1(C)C2CC[C@]13CS(=O)(=O)N(C(=O)C=P(c1ccccc1)(c1ccccc1)c1ccccc1)[C@@H]3C2. The molecule has 3 fully saturated rings. The first-order chi connectivity index (χ1) is 17.2. The molecular formula is C30H32NO3PS.